The average Bonchev–Trinajstić information content (AvgIpc) is 3.30. The Bertz CT molecular complexity index is 1510. The van der Waals surface area contributed by atoms with Gasteiger partial charge in [0.15, 0.2) is 0 Å². The third kappa shape index (κ3) is 4.56. The van der Waals surface area contributed by atoms with E-state index in [1.54, 1.807) is 19.2 Å². The van der Waals surface area contributed by atoms with E-state index < -0.39 is 23.9 Å². The Kier molecular flexibility index (Phi) is 6.46. The first-order chi connectivity index (χ1) is 18.0. The predicted molar refractivity (Wildman–Crippen MR) is 139 cm³/mol. The first kappa shape index (κ1) is 23.9. The van der Waals surface area contributed by atoms with Crippen LogP contribution in [0.15, 0.2) is 77.9 Å². The zero-order valence-corrected chi connectivity index (χ0v) is 20.2. The van der Waals surface area contributed by atoms with Crippen LogP contribution in [0, 0.1) is 5.95 Å². The maximum atomic E-state index is 14.9. The van der Waals surface area contributed by atoms with E-state index in [-0.39, 0.29) is 16.8 Å². The summed E-state index contributed by atoms with van der Waals surface area (Å²) in [5.41, 5.74) is 3.16. The second-order valence-electron chi connectivity index (χ2n) is 8.26. The van der Waals surface area contributed by atoms with Crippen LogP contribution < -0.4 is 16.0 Å². The molecule has 0 radical (unpaired) electrons. The van der Waals surface area contributed by atoms with Gasteiger partial charge in [-0.25, -0.2) is 9.98 Å². The average molecular weight is 498 g/mol. The summed E-state index contributed by atoms with van der Waals surface area (Å²) >= 11 is 0. The lowest BCUT2D eigenvalue weighted by molar-refractivity contribution is -0.117. The van der Waals surface area contributed by atoms with Crippen molar-refractivity contribution in [2.75, 3.05) is 17.7 Å². The number of para-hydroxylation sites is 1. The van der Waals surface area contributed by atoms with Gasteiger partial charge in [-0.3, -0.25) is 14.3 Å². The molecule has 1 atom stereocenters. The molecule has 1 aliphatic heterocycles. The highest BCUT2D eigenvalue weighted by molar-refractivity contribution is 6.20. The molecule has 1 unspecified atom stereocenters. The van der Waals surface area contributed by atoms with E-state index in [9.17, 15) is 14.0 Å². The van der Waals surface area contributed by atoms with E-state index in [1.807, 2.05) is 55.5 Å². The summed E-state index contributed by atoms with van der Waals surface area (Å²) in [4.78, 5) is 35.2. The molecule has 10 heteroatoms. The van der Waals surface area contributed by atoms with E-state index in [2.05, 4.69) is 31.0 Å². The van der Waals surface area contributed by atoms with Gasteiger partial charge in [0.25, 0.3) is 11.8 Å². The minimum atomic E-state index is -1.23. The fraction of sp³-hybridized carbons (Fsp3) is 0.148. The molecule has 0 saturated heterocycles. The second kappa shape index (κ2) is 10.0. The molecule has 1 aliphatic rings. The maximum absolute atomic E-state index is 14.9. The fourth-order valence-electron chi connectivity index (χ4n) is 4.21. The van der Waals surface area contributed by atoms with Crippen LogP contribution in [-0.2, 0) is 11.3 Å². The Morgan fingerprint density at radius 1 is 1.05 bits per heavy atom. The number of pyridine rings is 1. The van der Waals surface area contributed by atoms with Crippen molar-refractivity contribution in [2.24, 2.45) is 4.99 Å². The fourth-order valence-corrected chi connectivity index (χ4v) is 4.21. The number of aryl methyl sites for hydroxylation is 1. The number of benzene rings is 2. The molecule has 9 nitrogen and oxygen atoms in total. The van der Waals surface area contributed by atoms with E-state index >= 15 is 0 Å². The van der Waals surface area contributed by atoms with Crippen LogP contribution in [0.3, 0.4) is 0 Å². The quantitative estimate of drug-likeness (QED) is 0.352. The number of halogens is 1. The number of carbonyl (C=O) groups excluding carboxylic acids is 2. The highest BCUT2D eigenvalue weighted by Gasteiger charge is 2.29. The van der Waals surface area contributed by atoms with Gasteiger partial charge in [-0.15, -0.1) is 0 Å². The lowest BCUT2D eigenvalue weighted by atomic mass is 10.0. The molecule has 5 rings (SSSR count). The number of nitrogens with one attached hydrogen (secondary N) is 3. The van der Waals surface area contributed by atoms with E-state index in [0.717, 1.165) is 11.1 Å². The Morgan fingerprint density at radius 3 is 2.54 bits per heavy atom. The molecule has 37 heavy (non-hydrogen) atoms. The van der Waals surface area contributed by atoms with Crippen LogP contribution in [-0.4, -0.2) is 45.5 Å². The molecule has 3 heterocycles. The highest BCUT2D eigenvalue weighted by Crippen LogP contribution is 2.28. The van der Waals surface area contributed by atoms with Crippen LogP contribution in [0.1, 0.15) is 28.4 Å². The standard InChI is InChI=1S/C27H24FN7O2/c1-3-35-23(18-13-14-21(29-2)32-24(18)28)19(15-30-35)26(36)34-25-27(37)31-20-12-8-7-11-17(20)22(33-25)16-9-5-4-6-10-16/h4-15,25H,3H2,1-2H3,(H,29,32)(H,31,37)(H,34,36). The van der Waals surface area contributed by atoms with Crippen LogP contribution in [0.25, 0.3) is 11.3 Å². The van der Waals surface area contributed by atoms with Gasteiger partial charge in [-0.05, 0) is 25.1 Å². The number of nitrogens with zero attached hydrogens (tertiary/aromatic N) is 4. The molecule has 2 amide bonds. The van der Waals surface area contributed by atoms with Gasteiger partial charge < -0.3 is 16.0 Å². The second-order valence-corrected chi connectivity index (χ2v) is 8.26. The van der Waals surface area contributed by atoms with Gasteiger partial charge in [0.2, 0.25) is 12.1 Å². The van der Waals surface area contributed by atoms with Gasteiger partial charge in [-0.2, -0.15) is 9.49 Å². The molecule has 0 saturated carbocycles. The molecule has 2 aromatic heterocycles. The zero-order valence-electron chi connectivity index (χ0n) is 20.2. The van der Waals surface area contributed by atoms with Gasteiger partial charge in [0.1, 0.15) is 5.82 Å². The van der Waals surface area contributed by atoms with Crippen molar-refractivity contribution < 1.29 is 14.0 Å². The minimum absolute atomic E-state index is 0.103. The molecule has 186 valence electrons. The number of anilines is 2. The first-order valence-corrected chi connectivity index (χ1v) is 11.7. The van der Waals surface area contributed by atoms with E-state index in [0.29, 0.717) is 23.8 Å². The number of aromatic nitrogens is 3. The lowest BCUT2D eigenvalue weighted by Crippen LogP contribution is -2.42. The molecule has 0 fully saturated rings. The number of amides is 2. The van der Waals surface area contributed by atoms with Crippen molar-refractivity contribution in [3.05, 3.63) is 95.6 Å². The zero-order chi connectivity index (χ0) is 25.9. The van der Waals surface area contributed by atoms with Crippen LogP contribution >= 0.6 is 0 Å². The number of carbonyl (C=O) groups is 2. The van der Waals surface area contributed by atoms with Crippen molar-refractivity contribution in [2.45, 2.75) is 19.6 Å². The third-order valence-corrected chi connectivity index (χ3v) is 6.01. The number of benzodiazepines with no additional fused rings is 1. The molecule has 3 N–H and O–H groups in total. The molecule has 2 aromatic carbocycles. The molecular weight excluding hydrogens is 473 g/mol. The highest BCUT2D eigenvalue weighted by atomic mass is 19.1. The molecule has 0 bridgehead atoms. The number of fused-ring (bicyclic) bond motifs is 1. The minimum Gasteiger partial charge on any atom is -0.373 e. The summed E-state index contributed by atoms with van der Waals surface area (Å²) < 4.78 is 16.4. The molecule has 0 spiro atoms. The van der Waals surface area contributed by atoms with Crippen molar-refractivity contribution >= 4 is 29.0 Å². The Hall–Kier alpha value is -4.86. The summed E-state index contributed by atoms with van der Waals surface area (Å²) in [6, 6.07) is 19.9. The van der Waals surface area contributed by atoms with Gasteiger partial charge in [0, 0.05) is 24.7 Å². The smallest absolute Gasteiger partial charge is 0.269 e. The number of aliphatic imine (C=N–C) groups is 1. The first-order valence-electron chi connectivity index (χ1n) is 11.7. The Morgan fingerprint density at radius 2 is 1.81 bits per heavy atom. The van der Waals surface area contributed by atoms with Gasteiger partial charge >= 0.3 is 0 Å². The Labute approximate surface area is 212 Å². The van der Waals surface area contributed by atoms with Crippen molar-refractivity contribution in [1.29, 1.82) is 0 Å². The summed E-state index contributed by atoms with van der Waals surface area (Å²) in [5, 5.41) is 12.6. The van der Waals surface area contributed by atoms with Crippen molar-refractivity contribution in [3.63, 3.8) is 0 Å². The monoisotopic (exact) mass is 497 g/mol. The topological polar surface area (TPSA) is 113 Å². The van der Waals surface area contributed by atoms with E-state index in [4.69, 9.17) is 0 Å². The summed E-state index contributed by atoms with van der Waals surface area (Å²) in [6.45, 7) is 2.23. The van der Waals surface area contributed by atoms with E-state index in [1.165, 1.54) is 16.9 Å². The normalized spacial score (nSPS) is 14.7. The van der Waals surface area contributed by atoms with Gasteiger partial charge in [-0.1, -0.05) is 48.5 Å². The van der Waals surface area contributed by atoms with Crippen LogP contribution in [0.5, 0.6) is 0 Å². The molecular formula is C27H24FN7O2. The molecule has 4 aromatic rings. The van der Waals surface area contributed by atoms with Gasteiger partial charge in [0.05, 0.1) is 34.4 Å². The Balaban J connectivity index is 1.54. The number of rotatable bonds is 6. The maximum Gasteiger partial charge on any atom is 0.269 e. The summed E-state index contributed by atoms with van der Waals surface area (Å²) in [6.07, 6.45) is 0.118. The largest absolute Gasteiger partial charge is 0.373 e. The molecule has 0 aliphatic carbocycles. The SMILES string of the molecule is CCn1ncc(C(=O)NC2N=C(c3ccccc3)c3ccccc3NC2=O)c1-c1ccc(NC)nc1F. The predicted octanol–water partition coefficient (Wildman–Crippen LogP) is 3.69. The summed E-state index contributed by atoms with van der Waals surface area (Å²) in [5.74, 6) is -1.51. The van der Waals surface area contributed by atoms with Crippen LogP contribution in [0.2, 0.25) is 0 Å². The lowest BCUT2D eigenvalue weighted by Gasteiger charge is -2.14. The number of hydrogen-bond acceptors (Lipinski definition) is 6. The van der Waals surface area contributed by atoms with Crippen molar-refractivity contribution in [3.8, 4) is 11.3 Å². The number of hydrogen-bond donors (Lipinski definition) is 3. The van der Waals surface area contributed by atoms with Crippen molar-refractivity contribution in [1.82, 2.24) is 20.1 Å². The van der Waals surface area contributed by atoms with Crippen LogP contribution in [0.4, 0.5) is 15.9 Å². The third-order valence-electron chi connectivity index (χ3n) is 6.01. The summed E-state index contributed by atoms with van der Waals surface area (Å²) in [7, 11) is 1.64.